The van der Waals surface area contributed by atoms with Gasteiger partial charge >= 0.3 is 0 Å². The van der Waals surface area contributed by atoms with E-state index in [-0.39, 0.29) is 5.41 Å². The van der Waals surface area contributed by atoms with Crippen molar-refractivity contribution < 1.29 is 4.74 Å². The topological polar surface area (TPSA) is 9.23 Å². The van der Waals surface area contributed by atoms with Crippen LogP contribution in [0.4, 0.5) is 0 Å². The van der Waals surface area contributed by atoms with Crippen molar-refractivity contribution in [3.8, 4) is 44.9 Å². The molecule has 0 radical (unpaired) electrons. The molecule has 8 rings (SSSR count). The highest BCUT2D eigenvalue weighted by Crippen LogP contribution is 2.51. The summed E-state index contributed by atoms with van der Waals surface area (Å²) < 4.78 is 6.44. The SMILES string of the molecule is CC1(C)c2ccccc2-c2ccc(-c3ccc4c(c3)-c3cc5ccccc5c5cccc(c35)O4)cc21. The van der Waals surface area contributed by atoms with Gasteiger partial charge in [0.05, 0.1) is 0 Å². The molecular formula is C35H24O. The molecule has 0 spiro atoms. The summed E-state index contributed by atoms with van der Waals surface area (Å²) in [7, 11) is 0. The highest BCUT2D eigenvalue weighted by atomic mass is 16.5. The summed E-state index contributed by atoms with van der Waals surface area (Å²) in [5.74, 6) is 1.86. The van der Waals surface area contributed by atoms with Crippen LogP contribution in [-0.4, -0.2) is 0 Å². The molecule has 0 saturated carbocycles. The Balaban J connectivity index is 1.34. The highest BCUT2D eigenvalue weighted by molar-refractivity contribution is 6.17. The molecule has 0 atom stereocenters. The van der Waals surface area contributed by atoms with Gasteiger partial charge in [0, 0.05) is 16.4 Å². The van der Waals surface area contributed by atoms with E-state index < -0.39 is 0 Å². The average Bonchev–Trinajstić information content (AvgIpc) is 3.15. The minimum absolute atomic E-state index is 0.0112. The van der Waals surface area contributed by atoms with Gasteiger partial charge in [-0.05, 0) is 85.4 Å². The largest absolute Gasteiger partial charge is 0.456 e. The molecule has 170 valence electrons. The monoisotopic (exact) mass is 460 g/mol. The molecule has 0 aromatic heterocycles. The summed E-state index contributed by atoms with van der Waals surface area (Å²) in [5, 5.41) is 4.97. The Hall–Kier alpha value is -4.36. The van der Waals surface area contributed by atoms with Crippen LogP contribution in [0.1, 0.15) is 25.0 Å². The fraction of sp³-hybridized carbons (Fsp3) is 0.0857. The third-order valence-electron chi connectivity index (χ3n) is 8.25. The zero-order chi connectivity index (χ0) is 24.0. The first kappa shape index (κ1) is 19.9. The van der Waals surface area contributed by atoms with Gasteiger partial charge in [0.15, 0.2) is 0 Å². The standard InChI is InChI=1S/C35H24O/c1-35(2)30-12-6-5-10-25(30)26-16-14-22(20-31(26)35)21-15-17-32-28(18-21)29-19-23-8-3-4-9-24(23)27-11-7-13-33(36-32)34(27)29/h3-20H,1-2H3. The molecule has 0 bridgehead atoms. The first-order chi connectivity index (χ1) is 17.6. The number of benzene rings is 6. The maximum Gasteiger partial charge on any atom is 0.135 e. The Bertz CT molecular complexity index is 1890. The minimum atomic E-state index is -0.0112. The first-order valence-electron chi connectivity index (χ1n) is 12.6. The van der Waals surface area contributed by atoms with E-state index in [0.717, 1.165) is 17.1 Å². The Morgan fingerprint density at radius 3 is 2.19 bits per heavy atom. The quantitative estimate of drug-likeness (QED) is 0.222. The fourth-order valence-corrected chi connectivity index (χ4v) is 6.44. The number of ether oxygens (including phenoxy) is 1. The van der Waals surface area contributed by atoms with Gasteiger partial charge in [-0.2, -0.15) is 0 Å². The third kappa shape index (κ3) is 2.55. The second kappa shape index (κ2) is 6.86. The Morgan fingerprint density at radius 2 is 1.25 bits per heavy atom. The van der Waals surface area contributed by atoms with Gasteiger partial charge in [0.1, 0.15) is 11.5 Å². The summed E-state index contributed by atoms with van der Waals surface area (Å²) in [6.45, 7) is 4.68. The lowest BCUT2D eigenvalue weighted by Gasteiger charge is -2.24. The predicted molar refractivity (Wildman–Crippen MR) is 150 cm³/mol. The van der Waals surface area contributed by atoms with E-state index in [0.29, 0.717) is 0 Å². The van der Waals surface area contributed by atoms with E-state index in [9.17, 15) is 0 Å². The Morgan fingerprint density at radius 1 is 0.500 bits per heavy atom. The zero-order valence-corrected chi connectivity index (χ0v) is 20.3. The molecule has 6 aromatic rings. The second-order valence-electron chi connectivity index (χ2n) is 10.6. The molecule has 1 heteroatoms. The van der Waals surface area contributed by atoms with E-state index in [4.69, 9.17) is 4.74 Å². The molecular weight excluding hydrogens is 436 g/mol. The Labute approximate surface area is 210 Å². The fourth-order valence-electron chi connectivity index (χ4n) is 6.44. The van der Waals surface area contributed by atoms with Crippen LogP contribution in [-0.2, 0) is 5.41 Å². The number of hydrogen-bond acceptors (Lipinski definition) is 1. The van der Waals surface area contributed by atoms with Gasteiger partial charge < -0.3 is 4.74 Å². The van der Waals surface area contributed by atoms with E-state index in [1.165, 1.54) is 60.5 Å². The maximum absolute atomic E-state index is 6.44. The molecule has 0 unspecified atom stereocenters. The van der Waals surface area contributed by atoms with Crippen molar-refractivity contribution in [1.82, 2.24) is 0 Å². The van der Waals surface area contributed by atoms with Gasteiger partial charge in [-0.3, -0.25) is 0 Å². The van der Waals surface area contributed by atoms with Crippen LogP contribution < -0.4 is 4.74 Å². The van der Waals surface area contributed by atoms with Crippen LogP contribution in [0.3, 0.4) is 0 Å². The van der Waals surface area contributed by atoms with Crippen molar-refractivity contribution in [3.05, 3.63) is 120 Å². The van der Waals surface area contributed by atoms with Crippen LogP contribution >= 0.6 is 0 Å². The maximum atomic E-state index is 6.44. The lowest BCUT2D eigenvalue weighted by atomic mass is 9.81. The summed E-state index contributed by atoms with van der Waals surface area (Å²) >= 11 is 0. The van der Waals surface area contributed by atoms with Crippen molar-refractivity contribution in [2.75, 3.05) is 0 Å². The molecule has 1 nitrogen and oxygen atoms in total. The van der Waals surface area contributed by atoms with E-state index >= 15 is 0 Å². The van der Waals surface area contributed by atoms with Crippen molar-refractivity contribution in [2.45, 2.75) is 19.3 Å². The van der Waals surface area contributed by atoms with Crippen LogP contribution in [0.2, 0.25) is 0 Å². The van der Waals surface area contributed by atoms with Gasteiger partial charge in [-0.1, -0.05) is 92.7 Å². The van der Waals surface area contributed by atoms with E-state index in [1.807, 2.05) is 0 Å². The van der Waals surface area contributed by atoms with Crippen molar-refractivity contribution in [1.29, 1.82) is 0 Å². The first-order valence-corrected chi connectivity index (χ1v) is 12.6. The van der Waals surface area contributed by atoms with Crippen molar-refractivity contribution in [3.63, 3.8) is 0 Å². The van der Waals surface area contributed by atoms with Crippen LogP contribution in [0.15, 0.2) is 109 Å². The molecule has 1 heterocycles. The smallest absolute Gasteiger partial charge is 0.135 e. The molecule has 0 saturated heterocycles. The Kier molecular flexibility index (Phi) is 3.79. The highest BCUT2D eigenvalue weighted by Gasteiger charge is 2.35. The molecule has 6 aromatic carbocycles. The van der Waals surface area contributed by atoms with Crippen molar-refractivity contribution in [2.24, 2.45) is 0 Å². The predicted octanol–water partition coefficient (Wildman–Crippen LogP) is 9.74. The van der Waals surface area contributed by atoms with Gasteiger partial charge in [-0.15, -0.1) is 0 Å². The normalized spacial score (nSPS) is 14.3. The van der Waals surface area contributed by atoms with Gasteiger partial charge in [0.25, 0.3) is 0 Å². The number of rotatable bonds is 1. The van der Waals surface area contributed by atoms with E-state index in [2.05, 4.69) is 123 Å². The summed E-state index contributed by atoms with van der Waals surface area (Å²) in [6.07, 6.45) is 0. The minimum Gasteiger partial charge on any atom is -0.456 e. The number of hydrogen-bond donors (Lipinski definition) is 0. The summed E-state index contributed by atoms with van der Waals surface area (Å²) in [6, 6.07) is 39.8. The van der Waals surface area contributed by atoms with Crippen LogP contribution in [0.25, 0.3) is 54.9 Å². The van der Waals surface area contributed by atoms with Gasteiger partial charge in [-0.25, -0.2) is 0 Å². The molecule has 0 fully saturated rings. The molecule has 0 amide bonds. The molecule has 0 N–H and O–H groups in total. The van der Waals surface area contributed by atoms with E-state index in [1.54, 1.807) is 0 Å². The average molecular weight is 461 g/mol. The van der Waals surface area contributed by atoms with Gasteiger partial charge in [0.2, 0.25) is 0 Å². The summed E-state index contributed by atoms with van der Waals surface area (Å²) in [5.41, 5.74) is 10.4. The molecule has 2 aliphatic rings. The molecule has 1 aliphatic carbocycles. The zero-order valence-electron chi connectivity index (χ0n) is 20.3. The third-order valence-corrected chi connectivity index (χ3v) is 8.25. The summed E-state index contributed by atoms with van der Waals surface area (Å²) in [4.78, 5) is 0. The van der Waals surface area contributed by atoms with Crippen molar-refractivity contribution >= 4 is 21.5 Å². The lowest BCUT2D eigenvalue weighted by molar-refractivity contribution is 0.487. The van der Waals surface area contributed by atoms with Crippen LogP contribution in [0, 0.1) is 0 Å². The molecule has 1 aliphatic heterocycles. The lowest BCUT2D eigenvalue weighted by Crippen LogP contribution is -2.14. The number of fused-ring (bicyclic) bond motifs is 7. The second-order valence-corrected chi connectivity index (χ2v) is 10.6. The molecule has 36 heavy (non-hydrogen) atoms. The van der Waals surface area contributed by atoms with Crippen LogP contribution in [0.5, 0.6) is 11.5 Å².